The van der Waals surface area contributed by atoms with Gasteiger partial charge in [0.1, 0.15) is 18.1 Å². The van der Waals surface area contributed by atoms with Crippen LogP contribution < -0.4 is 20.1 Å². The van der Waals surface area contributed by atoms with Gasteiger partial charge in [0.05, 0.1) is 6.54 Å². The van der Waals surface area contributed by atoms with Crippen molar-refractivity contribution in [1.82, 2.24) is 0 Å². The summed E-state index contributed by atoms with van der Waals surface area (Å²) >= 11 is 0. The Balaban J connectivity index is 1.83. The van der Waals surface area contributed by atoms with Crippen molar-refractivity contribution in [3.63, 3.8) is 0 Å². The fourth-order valence-electron chi connectivity index (χ4n) is 3.32. The monoisotopic (exact) mass is 532 g/mol. The first-order chi connectivity index (χ1) is 17.3. The van der Waals surface area contributed by atoms with Crippen molar-refractivity contribution in [2.24, 2.45) is 0 Å². The van der Waals surface area contributed by atoms with E-state index in [4.69, 9.17) is 10.5 Å². The van der Waals surface area contributed by atoms with Crippen molar-refractivity contribution >= 4 is 11.4 Å². The van der Waals surface area contributed by atoms with E-state index in [-0.39, 0.29) is 24.4 Å². The lowest BCUT2D eigenvalue weighted by atomic mass is 10.1. The predicted octanol–water partition coefficient (Wildman–Crippen LogP) is 6.01. The van der Waals surface area contributed by atoms with Gasteiger partial charge in [-0.15, -0.1) is 0 Å². The molecule has 12 heteroatoms. The topological polar surface area (TPSA) is 68.0 Å². The molecule has 3 rings (SSSR count). The third-order valence-electron chi connectivity index (χ3n) is 5.09. The molecule has 0 aliphatic rings. The van der Waals surface area contributed by atoms with Crippen LogP contribution in [0.15, 0.2) is 72.8 Å². The average molecular weight is 532 g/mol. The molecule has 0 aliphatic heterocycles. The summed E-state index contributed by atoms with van der Waals surface area (Å²) in [5, 5.41) is 9.69. The highest BCUT2D eigenvalue weighted by atomic mass is 19.4. The number of nitrogens with zero attached hydrogens (tertiary/aromatic N) is 1. The molecule has 0 aliphatic carbocycles. The molecule has 0 heterocycles. The lowest BCUT2D eigenvalue weighted by molar-refractivity contribution is -0.253. The second-order valence-electron chi connectivity index (χ2n) is 8.08. The fourth-order valence-corrected chi connectivity index (χ4v) is 3.32. The van der Waals surface area contributed by atoms with Gasteiger partial charge in [-0.25, -0.2) is 0 Å². The number of hydrogen-bond acceptors (Lipinski definition) is 5. The minimum Gasteiger partial charge on any atom is -0.489 e. The van der Waals surface area contributed by atoms with E-state index >= 15 is 0 Å². The molecule has 5 nitrogen and oxygen atoms in total. The number of aliphatic hydroxyl groups excluding tert-OH is 1. The molecule has 0 saturated heterocycles. The van der Waals surface area contributed by atoms with E-state index in [2.05, 4.69) is 4.74 Å². The number of hydrogen-bond donors (Lipinski definition) is 2. The van der Waals surface area contributed by atoms with Gasteiger partial charge in [0, 0.05) is 24.0 Å². The van der Waals surface area contributed by atoms with Crippen molar-refractivity contribution in [3.8, 4) is 11.5 Å². The smallest absolute Gasteiger partial charge is 0.461 e. The Morgan fingerprint density at radius 1 is 0.838 bits per heavy atom. The van der Waals surface area contributed by atoms with Gasteiger partial charge >= 0.3 is 18.7 Å². The van der Waals surface area contributed by atoms with E-state index in [1.54, 1.807) is 30.3 Å². The van der Waals surface area contributed by atoms with Crippen LogP contribution in [0.5, 0.6) is 11.5 Å². The first kappa shape index (κ1) is 27.9. The predicted molar refractivity (Wildman–Crippen MR) is 123 cm³/mol. The van der Waals surface area contributed by atoms with Crippen molar-refractivity contribution in [3.05, 3.63) is 83.9 Å². The lowest BCUT2D eigenvalue weighted by Gasteiger charge is -2.29. The molecule has 200 valence electrons. The first-order valence-electron chi connectivity index (χ1n) is 10.8. The molecule has 0 aromatic heterocycles. The van der Waals surface area contributed by atoms with E-state index < -0.39 is 37.1 Å². The van der Waals surface area contributed by atoms with E-state index in [1.807, 2.05) is 0 Å². The summed E-state index contributed by atoms with van der Waals surface area (Å²) < 4.78 is 101. The van der Waals surface area contributed by atoms with Gasteiger partial charge in [0.25, 0.3) is 0 Å². The molecule has 1 unspecified atom stereocenters. The van der Waals surface area contributed by atoms with E-state index in [1.165, 1.54) is 30.3 Å². The van der Waals surface area contributed by atoms with Gasteiger partial charge in [-0.1, -0.05) is 30.3 Å². The van der Waals surface area contributed by atoms with Crippen LogP contribution in [0, 0.1) is 0 Å². The molecule has 3 N–H and O–H groups in total. The molecule has 0 saturated carbocycles. The summed E-state index contributed by atoms with van der Waals surface area (Å²) in [6.45, 7) is -1.08. The van der Waals surface area contributed by atoms with Crippen molar-refractivity contribution in [2.75, 3.05) is 17.2 Å². The van der Waals surface area contributed by atoms with E-state index in [0.717, 1.165) is 22.6 Å². The Bertz CT molecular complexity index is 1170. The normalized spacial score (nSPS) is 12.9. The Morgan fingerprint density at radius 3 is 2.16 bits per heavy atom. The minimum absolute atomic E-state index is 0.122. The van der Waals surface area contributed by atoms with Gasteiger partial charge in [-0.2, -0.15) is 30.7 Å². The van der Waals surface area contributed by atoms with Crippen LogP contribution in [0.1, 0.15) is 11.1 Å². The third kappa shape index (κ3) is 8.17. The zero-order valence-corrected chi connectivity index (χ0v) is 19.1. The zero-order chi connectivity index (χ0) is 27.2. The standard InChI is InChI=1S/C25H23F7N2O3/c26-23(27)25(31,32)37-21-9-2-4-16(11-21)13-34(14-22(35)24(28,29)30)19-7-3-8-20(12-19)36-15-17-5-1-6-18(33)10-17/h1-12,22-23,35H,13-15,33H2. The van der Waals surface area contributed by atoms with Crippen LogP contribution in [0.25, 0.3) is 0 Å². The molecule has 3 aromatic rings. The van der Waals surface area contributed by atoms with Crippen molar-refractivity contribution in [1.29, 1.82) is 0 Å². The SMILES string of the molecule is Nc1cccc(COc2cccc(N(Cc3cccc(OC(F)(F)C(F)F)c3)CC(O)C(F)(F)F)c2)c1. The summed E-state index contributed by atoms with van der Waals surface area (Å²) in [6, 6.07) is 17.6. The number of anilines is 2. The van der Waals surface area contributed by atoms with Gasteiger partial charge in [-0.3, -0.25) is 0 Å². The van der Waals surface area contributed by atoms with Crippen molar-refractivity contribution in [2.45, 2.75) is 38.0 Å². The fraction of sp³-hybridized carbons (Fsp3) is 0.280. The number of aliphatic hydroxyl groups is 1. The van der Waals surface area contributed by atoms with E-state index in [9.17, 15) is 35.8 Å². The quantitative estimate of drug-likeness (QED) is 0.234. The number of ether oxygens (including phenoxy) is 2. The molecule has 0 fully saturated rings. The van der Waals surface area contributed by atoms with Crippen LogP contribution in [-0.4, -0.2) is 36.5 Å². The van der Waals surface area contributed by atoms with Gasteiger partial charge < -0.3 is 25.2 Å². The highest BCUT2D eigenvalue weighted by molar-refractivity contribution is 5.52. The van der Waals surface area contributed by atoms with Crippen LogP contribution in [0.3, 0.4) is 0 Å². The largest absolute Gasteiger partial charge is 0.489 e. The van der Waals surface area contributed by atoms with Crippen molar-refractivity contribution < 1.29 is 45.3 Å². The molecule has 1 atom stereocenters. The molecular formula is C25H23F7N2O3. The maximum atomic E-state index is 13.3. The molecule has 37 heavy (non-hydrogen) atoms. The summed E-state index contributed by atoms with van der Waals surface area (Å²) in [4.78, 5) is 1.15. The molecule has 0 spiro atoms. The van der Waals surface area contributed by atoms with Crippen LogP contribution in [0.2, 0.25) is 0 Å². The number of halogens is 7. The Morgan fingerprint density at radius 2 is 1.49 bits per heavy atom. The molecule has 3 aromatic carbocycles. The summed E-state index contributed by atoms with van der Waals surface area (Å²) in [5.41, 5.74) is 7.41. The Kier molecular flexibility index (Phi) is 8.74. The lowest BCUT2D eigenvalue weighted by Crippen LogP contribution is -2.40. The third-order valence-corrected chi connectivity index (χ3v) is 5.09. The molecular weight excluding hydrogens is 509 g/mol. The van der Waals surface area contributed by atoms with E-state index in [0.29, 0.717) is 11.4 Å². The molecule has 0 amide bonds. The summed E-state index contributed by atoms with van der Waals surface area (Å²) in [7, 11) is 0. The molecule has 0 radical (unpaired) electrons. The number of nitrogens with two attached hydrogens (primary N) is 1. The van der Waals surface area contributed by atoms with Crippen LogP contribution in [0.4, 0.5) is 42.1 Å². The van der Waals surface area contributed by atoms with Gasteiger partial charge in [-0.05, 0) is 47.5 Å². The average Bonchev–Trinajstić information content (AvgIpc) is 2.82. The molecule has 0 bridgehead atoms. The first-order valence-corrected chi connectivity index (χ1v) is 10.8. The maximum absolute atomic E-state index is 13.3. The van der Waals surface area contributed by atoms with Crippen LogP contribution >= 0.6 is 0 Å². The van der Waals surface area contributed by atoms with Gasteiger partial charge in [0.2, 0.25) is 0 Å². The Labute approximate surface area is 207 Å². The number of nitrogen functional groups attached to an aromatic ring is 1. The zero-order valence-electron chi connectivity index (χ0n) is 19.1. The van der Waals surface area contributed by atoms with Crippen LogP contribution in [-0.2, 0) is 13.2 Å². The number of alkyl halides is 7. The van der Waals surface area contributed by atoms with Gasteiger partial charge in [0.15, 0.2) is 6.10 Å². The maximum Gasteiger partial charge on any atom is 0.461 e. The highest BCUT2D eigenvalue weighted by Crippen LogP contribution is 2.30. The number of rotatable bonds is 11. The summed E-state index contributed by atoms with van der Waals surface area (Å²) in [5.74, 6) is -0.293. The Hall–Kier alpha value is -3.67. The number of benzene rings is 3. The minimum atomic E-state index is -4.93. The second-order valence-corrected chi connectivity index (χ2v) is 8.08. The second kappa shape index (κ2) is 11.6. The summed E-state index contributed by atoms with van der Waals surface area (Å²) in [6.07, 6.45) is -16.5. The highest BCUT2D eigenvalue weighted by Gasteiger charge is 2.44.